The second-order valence-electron chi connectivity index (χ2n) is 4.10. The van der Waals surface area contributed by atoms with Crippen LogP contribution < -0.4 is 5.73 Å². The molecule has 0 bridgehead atoms. The third kappa shape index (κ3) is 2.91. The van der Waals surface area contributed by atoms with Gasteiger partial charge in [0.05, 0.1) is 5.02 Å². The van der Waals surface area contributed by atoms with Crippen LogP contribution in [0.15, 0.2) is 18.5 Å². The number of pyridine rings is 1. The van der Waals surface area contributed by atoms with Gasteiger partial charge in [-0.3, -0.25) is 9.88 Å². The second-order valence-corrected chi connectivity index (χ2v) is 4.51. The average molecular weight is 226 g/mol. The fourth-order valence-corrected chi connectivity index (χ4v) is 2.19. The summed E-state index contributed by atoms with van der Waals surface area (Å²) in [6, 6.07) is 2.29. The predicted molar refractivity (Wildman–Crippen MR) is 61.7 cm³/mol. The van der Waals surface area contributed by atoms with Gasteiger partial charge in [0.15, 0.2) is 0 Å². The van der Waals surface area contributed by atoms with Gasteiger partial charge in [-0.05, 0) is 31.0 Å². The fraction of sp³-hybridized carbons (Fsp3) is 0.545. The molecule has 1 aliphatic heterocycles. The second kappa shape index (κ2) is 4.92. The molecular weight excluding hydrogens is 210 g/mol. The smallest absolute Gasteiger partial charge is 0.0634 e. The first-order chi connectivity index (χ1) is 7.25. The van der Waals surface area contributed by atoms with E-state index in [0.29, 0.717) is 6.04 Å². The molecule has 0 amide bonds. The van der Waals surface area contributed by atoms with E-state index < -0.39 is 0 Å². The third-order valence-corrected chi connectivity index (χ3v) is 3.13. The van der Waals surface area contributed by atoms with Crippen LogP contribution in [0.1, 0.15) is 18.4 Å². The molecule has 0 radical (unpaired) electrons. The zero-order chi connectivity index (χ0) is 10.7. The molecule has 2 N–H and O–H groups in total. The lowest BCUT2D eigenvalue weighted by atomic mass is 10.1. The Morgan fingerprint density at radius 3 is 3.20 bits per heavy atom. The summed E-state index contributed by atoms with van der Waals surface area (Å²) in [5.41, 5.74) is 7.07. The molecule has 0 spiro atoms. The molecule has 2 heterocycles. The molecule has 0 aromatic carbocycles. The molecule has 3 nitrogen and oxygen atoms in total. The van der Waals surface area contributed by atoms with Crippen molar-refractivity contribution in [1.82, 2.24) is 9.88 Å². The van der Waals surface area contributed by atoms with Gasteiger partial charge in [0, 0.05) is 31.5 Å². The predicted octanol–water partition coefficient (Wildman–Crippen LogP) is 1.66. The Labute approximate surface area is 95.2 Å². The molecule has 0 aliphatic carbocycles. The highest BCUT2D eigenvalue weighted by Gasteiger charge is 2.17. The van der Waals surface area contributed by atoms with Crippen molar-refractivity contribution in [2.45, 2.75) is 25.4 Å². The Balaban J connectivity index is 1.99. The van der Waals surface area contributed by atoms with Crippen LogP contribution in [-0.2, 0) is 6.54 Å². The standard InChI is InChI=1S/C11H16ClN3/c12-11-6-14-4-3-9(11)7-15-5-1-2-10(13)8-15/h3-4,6,10H,1-2,5,7-8,13H2. The summed E-state index contributed by atoms with van der Waals surface area (Å²) in [5.74, 6) is 0. The normalized spacial score (nSPS) is 22.9. The first-order valence-electron chi connectivity index (χ1n) is 5.32. The largest absolute Gasteiger partial charge is 0.327 e. The average Bonchev–Trinajstić information content (AvgIpc) is 2.22. The molecule has 1 fully saturated rings. The Morgan fingerprint density at radius 1 is 1.60 bits per heavy atom. The lowest BCUT2D eigenvalue weighted by Gasteiger charge is -2.30. The molecule has 1 aromatic heterocycles. The minimum absolute atomic E-state index is 0.319. The summed E-state index contributed by atoms with van der Waals surface area (Å²) in [6.07, 6.45) is 5.80. The maximum Gasteiger partial charge on any atom is 0.0634 e. The molecule has 1 aromatic rings. The first-order valence-corrected chi connectivity index (χ1v) is 5.70. The van der Waals surface area contributed by atoms with Crippen LogP contribution in [0.5, 0.6) is 0 Å². The quantitative estimate of drug-likeness (QED) is 0.833. The number of hydrogen-bond donors (Lipinski definition) is 1. The zero-order valence-corrected chi connectivity index (χ0v) is 9.45. The summed E-state index contributed by atoms with van der Waals surface area (Å²) < 4.78 is 0. The summed E-state index contributed by atoms with van der Waals surface area (Å²) in [5, 5.41) is 0.747. The van der Waals surface area contributed by atoms with E-state index >= 15 is 0 Å². The SMILES string of the molecule is NC1CCCN(Cc2ccncc2Cl)C1. The van der Waals surface area contributed by atoms with Crippen molar-refractivity contribution >= 4 is 11.6 Å². The van der Waals surface area contributed by atoms with Crippen LogP contribution in [0.2, 0.25) is 5.02 Å². The fourth-order valence-electron chi connectivity index (χ4n) is 2.01. The molecule has 82 valence electrons. The van der Waals surface area contributed by atoms with E-state index in [1.54, 1.807) is 12.4 Å². The molecule has 4 heteroatoms. The minimum atomic E-state index is 0.319. The summed E-state index contributed by atoms with van der Waals surface area (Å²) in [6.45, 7) is 2.97. The van der Waals surface area contributed by atoms with Gasteiger partial charge in [-0.15, -0.1) is 0 Å². The number of hydrogen-bond acceptors (Lipinski definition) is 3. The van der Waals surface area contributed by atoms with Crippen LogP contribution in [0, 0.1) is 0 Å². The van der Waals surface area contributed by atoms with Crippen LogP contribution in [0.4, 0.5) is 0 Å². The molecule has 1 atom stereocenters. The van der Waals surface area contributed by atoms with Crippen molar-refractivity contribution in [3.05, 3.63) is 29.0 Å². The number of nitrogens with two attached hydrogens (primary N) is 1. The van der Waals surface area contributed by atoms with Crippen molar-refractivity contribution in [1.29, 1.82) is 0 Å². The van der Waals surface area contributed by atoms with Gasteiger partial charge in [0.25, 0.3) is 0 Å². The molecule has 1 unspecified atom stereocenters. The van der Waals surface area contributed by atoms with Gasteiger partial charge >= 0.3 is 0 Å². The maximum absolute atomic E-state index is 6.06. The Hall–Kier alpha value is -0.640. The maximum atomic E-state index is 6.06. The highest BCUT2D eigenvalue weighted by molar-refractivity contribution is 6.31. The summed E-state index contributed by atoms with van der Waals surface area (Å²) >= 11 is 6.06. The van der Waals surface area contributed by atoms with E-state index in [1.807, 2.05) is 6.07 Å². The molecule has 1 aliphatic rings. The lowest BCUT2D eigenvalue weighted by Crippen LogP contribution is -2.42. The minimum Gasteiger partial charge on any atom is -0.327 e. The Morgan fingerprint density at radius 2 is 2.47 bits per heavy atom. The van der Waals surface area contributed by atoms with Crippen molar-refractivity contribution in [2.75, 3.05) is 13.1 Å². The van der Waals surface area contributed by atoms with Crippen molar-refractivity contribution in [3.8, 4) is 0 Å². The molecular formula is C11H16ClN3. The molecule has 0 saturated carbocycles. The first kappa shape index (κ1) is 10.9. The molecule has 1 saturated heterocycles. The van der Waals surface area contributed by atoms with E-state index in [0.717, 1.165) is 36.6 Å². The van der Waals surface area contributed by atoms with E-state index in [2.05, 4.69) is 9.88 Å². The molecule has 2 rings (SSSR count). The van der Waals surface area contributed by atoms with Crippen LogP contribution >= 0.6 is 11.6 Å². The highest BCUT2D eigenvalue weighted by Crippen LogP contribution is 2.18. The summed E-state index contributed by atoms with van der Waals surface area (Å²) in [4.78, 5) is 6.33. The van der Waals surface area contributed by atoms with E-state index in [9.17, 15) is 0 Å². The number of piperidine rings is 1. The monoisotopic (exact) mass is 225 g/mol. The Kier molecular flexibility index (Phi) is 3.57. The van der Waals surface area contributed by atoms with Gasteiger partial charge in [0.2, 0.25) is 0 Å². The topological polar surface area (TPSA) is 42.1 Å². The highest BCUT2D eigenvalue weighted by atomic mass is 35.5. The van der Waals surface area contributed by atoms with Crippen molar-refractivity contribution in [3.63, 3.8) is 0 Å². The zero-order valence-electron chi connectivity index (χ0n) is 8.69. The summed E-state index contributed by atoms with van der Waals surface area (Å²) in [7, 11) is 0. The van der Waals surface area contributed by atoms with Crippen LogP contribution in [-0.4, -0.2) is 29.0 Å². The van der Waals surface area contributed by atoms with Gasteiger partial charge < -0.3 is 5.73 Å². The number of rotatable bonds is 2. The van der Waals surface area contributed by atoms with Crippen LogP contribution in [0.25, 0.3) is 0 Å². The molecule has 15 heavy (non-hydrogen) atoms. The Bertz CT molecular complexity index is 329. The van der Waals surface area contributed by atoms with Crippen molar-refractivity contribution in [2.24, 2.45) is 5.73 Å². The van der Waals surface area contributed by atoms with E-state index in [1.165, 1.54) is 6.42 Å². The van der Waals surface area contributed by atoms with Gasteiger partial charge in [-0.2, -0.15) is 0 Å². The van der Waals surface area contributed by atoms with E-state index in [-0.39, 0.29) is 0 Å². The number of halogens is 1. The van der Waals surface area contributed by atoms with Crippen LogP contribution in [0.3, 0.4) is 0 Å². The number of aromatic nitrogens is 1. The number of likely N-dealkylation sites (tertiary alicyclic amines) is 1. The lowest BCUT2D eigenvalue weighted by molar-refractivity contribution is 0.201. The van der Waals surface area contributed by atoms with Gasteiger partial charge in [-0.25, -0.2) is 0 Å². The third-order valence-electron chi connectivity index (χ3n) is 2.79. The van der Waals surface area contributed by atoms with Crippen molar-refractivity contribution < 1.29 is 0 Å². The van der Waals surface area contributed by atoms with Gasteiger partial charge in [-0.1, -0.05) is 11.6 Å². The van der Waals surface area contributed by atoms with E-state index in [4.69, 9.17) is 17.3 Å². The van der Waals surface area contributed by atoms with Gasteiger partial charge in [0.1, 0.15) is 0 Å². The number of nitrogens with zero attached hydrogens (tertiary/aromatic N) is 2.